The summed E-state index contributed by atoms with van der Waals surface area (Å²) in [7, 11) is 0. The molecule has 17 heavy (non-hydrogen) atoms. The molecule has 2 N–H and O–H groups in total. The molecule has 0 saturated heterocycles. The van der Waals surface area contributed by atoms with Gasteiger partial charge < -0.3 is 10.6 Å². The molecule has 1 rings (SSSR count). The number of nitrogens with zero attached hydrogens (tertiary/aromatic N) is 1. The first-order chi connectivity index (χ1) is 8.04. The molecule has 1 amide bonds. The number of carbonyl (C=O) groups excluding carboxylic acids is 1. The number of nitrogens with one attached hydrogen (secondary N) is 2. The lowest BCUT2D eigenvalue weighted by Gasteiger charge is -2.12. The van der Waals surface area contributed by atoms with E-state index in [-0.39, 0.29) is 19.0 Å². The molecule has 5 heteroatoms. The highest BCUT2D eigenvalue weighted by Gasteiger charge is 2.06. The summed E-state index contributed by atoms with van der Waals surface area (Å²) < 4.78 is 1.02. The number of aryl methyl sites for hydroxylation is 2. The van der Waals surface area contributed by atoms with Crippen molar-refractivity contribution in [1.82, 2.24) is 5.32 Å². The van der Waals surface area contributed by atoms with Crippen molar-refractivity contribution in [2.75, 3.05) is 18.4 Å². The normalized spacial score (nSPS) is 9.53. The number of anilines is 1. The molecule has 0 bridgehead atoms. The predicted molar refractivity (Wildman–Crippen MR) is 70.7 cm³/mol. The van der Waals surface area contributed by atoms with Gasteiger partial charge in [-0.25, -0.2) is 0 Å². The molecule has 0 unspecified atom stereocenters. The smallest absolute Gasteiger partial charge is 0.240 e. The first-order valence-electron chi connectivity index (χ1n) is 5.19. The minimum Gasteiger partial charge on any atom is -0.376 e. The van der Waals surface area contributed by atoms with Crippen molar-refractivity contribution in [1.29, 1.82) is 5.26 Å². The fourth-order valence-electron chi connectivity index (χ4n) is 1.56. The first-order valence-corrected chi connectivity index (χ1v) is 5.98. The summed E-state index contributed by atoms with van der Waals surface area (Å²) in [5.41, 5.74) is 3.11. The van der Waals surface area contributed by atoms with Crippen LogP contribution in [0, 0.1) is 25.2 Å². The van der Waals surface area contributed by atoms with E-state index in [4.69, 9.17) is 5.26 Å². The van der Waals surface area contributed by atoms with Crippen LogP contribution in [-0.4, -0.2) is 19.0 Å². The Morgan fingerprint density at radius 2 is 2.00 bits per heavy atom. The number of hydrogen-bond donors (Lipinski definition) is 2. The van der Waals surface area contributed by atoms with Crippen molar-refractivity contribution in [2.24, 2.45) is 0 Å². The number of rotatable bonds is 4. The standard InChI is InChI=1S/C12H14BrN3O/c1-8-5-10(13)6-9(2)12(8)16-7-11(17)15-4-3-14/h5-6,16H,4,7H2,1-2H3,(H,15,17). The molecule has 0 radical (unpaired) electrons. The van der Waals surface area contributed by atoms with Gasteiger partial charge in [0.1, 0.15) is 6.54 Å². The highest BCUT2D eigenvalue weighted by molar-refractivity contribution is 9.10. The van der Waals surface area contributed by atoms with Gasteiger partial charge in [0, 0.05) is 10.2 Å². The summed E-state index contributed by atoms with van der Waals surface area (Å²) in [6.45, 7) is 4.17. The molecule has 0 fully saturated rings. The maximum Gasteiger partial charge on any atom is 0.240 e. The van der Waals surface area contributed by atoms with Crippen LogP contribution in [0.2, 0.25) is 0 Å². The molecule has 4 nitrogen and oxygen atoms in total. The molecule has 0 aliphatic rings. The zero-order valence-corrected chi connectivity index (χ0v) is 11.4. The van der Waals surface area contributed by atoms with Gasteiger partial charge in [0.2, 0.25) is 5.91 Å². The highest BCUT2D eigenvalue weighted by atomic mass is 79.9. The van der Waals surface area contributed by atoms with Gasteiger partial charge >= 0.3 is 0 Å². The first kappa shape index (κ1) is 13.5. The minimum absolute atomic E-state index is 0.0405. The molecular formula is C12H14BrN3O. The minimum atomic E-state index is -0.187. The lowest BCUT2D eigenvalue weighted by Crippen LogP contribution is -2.30. The average molecular weight is 296 g/mol. The molecule has 0 aromatic heterocycles. The largest absolute Gasteiger partial charge is 0.376 e. The highest BCUT2D eigenvalue weighted by Crippen LogP contribution is 2.24. The van der Waals surface area contributed by atoms with E-state index in [1.54, 1.807) is 0 Å². The maximum absolute atomic E-state index is 11.3. The second-order valence-electron chi connectivity index (χ2n) is 3.70. The molecule has 1 aromatic rings. The summed E-state index contributed by atoms with van der Waals surface area (Å²) >= 11 is 3.42. The van der Waals surface area contributed by atoms with Gasteiger partial charge in [0.05, 0.1) is 12.6 Å². The SMILES string of the molecule is Cc1cc(Br)cc(C)c1NCC(=O)NCC#N. The Bertz CT molecular complexity index is 442. The van der Waals surface area contributed by atoms with E-state index in [2.05, 4.69) is 26.6 Å². The van der Waals surface area contributed by atoms with Crippen LogP contribution in [0.25, 0.3) is 0 Å². The molecule has 0 spiro atoms. The predicted octanol–water partition coefficient (Wildman–Crippen LogP) is 2.12. The lowest BCUT2D eigenvalue weighted by molar-refractivity contribution is -0.119. The molecule has 1 aromatic carbocycles. The Hall–Kier alpha value is -1.54. The summed E-state index contributed by atoms with van der Waals surface area (Å²) in [5, 5.41) is 13.9. The van der Waals surface area contributed by atoms with Crippen molar-refractivity contribution >= 4 is 27.5 Å². The molecule has 90 valence electrons. The number of amides is 1. The van der Waals surface area contributed by atoms with E-state index in [0.29, 0.717) is 0 Å². The molecule has 0 heterocycles. The quantitative estimate of drug-likeness (QED) is 0.836. The van der Waals surface area contributed by atoms with Crippen molar-refractivity contribution in [2.45, 2.75) is 13.8 Å². The molecule has 0 atom stereocenters. The zero-order valence-electron chi connectivity index (χ0n) is 9.80. The number of hydrogen-bond acceptors (Lipinski definition) is 3. The number of benzene rings is 1. The van der Waals surface area contributed by atoms with Crippen LogP contribution in [0.3, 0.4) is 0 Å². The van der Waals surface area contributed by atoms with Crippen LogP contribution < -0.4 is 10.6 Å². The third kappa shape index (κ3) is 4.08. The van der Waals surface area contributed by atoms with Gasteiger partial charge in [0.25, 0.3) is 0 Å². The maximum atomic E-state index is 11.3. The number of nitriles is 1. The Morgan fingerprint density at radius 1 is 1.41 bits per heavy atom. The summed E-state index contributed by atoms with van der Waals surface area (Å²) in [4.78, 5) is 11.3. The van der Waals surface area contributed by atoms with E-state index in [9.17, 15) is 4.79 Å². The van der Waals surface area contributed by atoms with Crippen molar-refractivity contribution < 1.29 is 4.79 Å². The van der Waals surface area contributed by atoms with E-state index in [1.165, 1.54) is 0 Å². The van der Waals surface area contributed by atoms with Crippen LogP contribution in [-0.2, 0) is 4.79 Å². The topological polar surface area (TPSA) is 64.9 Å². The molecule has 0 aliphatic carbocycles. The monoisotopic (exact) mass is 295 g/mol. The van der Waals surface area contributed by atoms with Crippen LogP contribution in [0.4, 0.5) is 5.69 Å². The number of carbonyl (C=O) groups is 1. The third-order valence-electron chi connectivity index (χ3n) is 2.29. The van der Waals surface area contributed by atoms with Gasteiger partial charge in [-0.3, -0.25) is 4.79 Å². The van der Waals surface area contributed by atoms with E-state index >= 15 is 0 Å². The van der Waals surface area contributed by atoms with Crippen LogP contribution >= 0.6 is 15.9 Å². The zero-order chi connectivity index (χ0) is 12.8. The number of halogens is 1. The summed E-state index contributed by atoms with van der Waals surface area (Å²) in [6.07, 6.45) is 0. The van der Waals surface area contributed by atoms with Crippen molar-refractivity contribution in [3.63, 3.8) is 0 Å². The van der Waals surface area contributed by atoms with Gasteiger partial charge in [-0.1, -0.05) is 15.9 Å². The van der Waals surface area contributed by atoms with E-state index in [0.717, 1.165) is 21.3 Å². The van der Waals surface area contributed by atoms with Crippen LogP contribution in [0.15, 0.2) is 16.6 Å². The fourth-order valence-corrected chi connectivity index (χ4v) is 2.25. The average Bonchev–Trinajstić information content (AvgIpc) is 2.24. The molecular weight excluding hydrogens is 282 g/mol. The Balaban J connectivity index is 2.64. The van der Waals surface area contributed by atoms with Crippen molar-refractivity contribution in [3.05, 3.63) is 27.7 Å². The van der Waals surface area contributed by atoms with E-state index < -0.39 is 0 Å². The van der Waals surface area contributed by atoms with Gasteiger partial charge in [-0.05, 0) is 37.1 Å². The molecule has 0 aliphatic heterocycles. The van der Waals surface area contributed by atoms with Crippen LogP contribution in [0.5, 0.6) is 0 Å². The second-order valence-corrected chi connectivity index (χ2v) is 4.62. The van der Waals surface area contributed by atoms with Gasteiger partial charge in [-0.2, -0.15) is 5.26 Å². The Labute approximate surface area is 109 Å². The van der Waals surface area contributed by atoms with Crippen LogP contribution in [0.1, 0.15) is 11.1 Å². The van der Waals surface area contributed by atoms with Gasteiger partial charge in [0.15, 0.2) is 0 Å². The summed E-state index contributed by atoms with van der Waals surface area (Å²) in [6, 6.07) is 5.84. The van der Waals surface area contributed by atoms with Gasteiger partial charge in [-0.15, -0.1) is 0 Å². The third-order valence-corrected chi connectivity index (χ3v) is 2.75. The lowest BCUT2D eigenvalue weighted by atomic mass is 10.1. The summed E-state index contributed by atoms with van der Waals surface area (Å²) in [5.74, 6) is -0.187. The molecule has 0 saturated carbocycles. The van der Waals surface area contributed by atoms with Crippen molar-refractivity contribution in [3.8, 4) is 6.07 Å². The fraction of sp³-hybridized carbons (Fsp3) is 0.333. The Kier molecular flexibility index (Phi) is 4.98. The second kappa shape index (κ2) is 6.26. The Morgan fingerprint density at radius 3 is 2.53 bits per heavy atom. The van der Waals surface area contributed by atoms with E-state index in [1.807, 2.05) is 32.0 Å².